The van der Waals surface area contributed by atoms with Crippen LogP contribution in [0.2, 0.25) is 0 Å². The van der Waals surface area contributed by atoms with E-state index in [9.17, 15) is 0 Å². The number of nitrogens with zero attached hydrogens (tertiary/aromatic N) is 1. The van der Waals surface area contributed by atoms with Crippen molar-refractivity contribution in [2.45, 2.75) is 47.6 Å². The highest BCUT2D eigenvalue weighted by Gasteiger charge is 2.27. The van der Waals surface area contributed by atoms with Crippen LogP contribution in [0.5, 0.6) is 0 Å². The molecule has 1 aromatic carbocycles. The molecule has 1 aromatic rings. The van der Waals surface area contributed by atoms with Crippen LogP contribution in [-0.4, -0.2) is 25.7 Å². The zero-order chi connectivity index (χ0) is 14.5. The summed E-state index contributed by atoms with van der Waals surface area (Å²) < 4.78 is 0. The summed E-state index contributed by atoms with van der Waals surface area (Å²) in [6, 6.07) is 9.17. The molecular weight excluding hydrogens is 232 g/mol. The van der Waals surface area contributed by atoms with Crippen molar-refractivity contribution in [1.29, 1.82) is 0 Å². The van der Waals surface area contributed by atoms with E-state index in [0.717, 1.165) is 19.6 Å². The van der Waals surface area contributed by atoms with Crippen molar-refractivity contribution in [2.75, 3.05) is 24.5 Å². The van der Waals surface area contributed by atoms with Gasteiger partial charge in [-0.15, -0.1) is 0 Å². The third kappa shape index (κ3) is 4.24. The minimum absolute atomic E-state index is 0.244. The van der Waals surface area contributed by atoms with Crippen LogP contribution in [0.3, 0.4) is 0 Å². The summed E-state index contributed by atoms with van der Waals surface area (Å²) in [7, 11) is 0. The Hall–Kier alpha value is -1.02. The highest BCUT2D eigenvalue weighted by atomic mass is 15.1. The number of hydrogen-bond acceptors (Lipinski definition) is 2. The summed E-state index contributed by atoms with van der Waals surface area (Å²) in [5.41, 5.74) is 2.96. The van der Waals surface area contributed by atoms with Crippen LogP contribution in [0.25, 0.3) is 0 Å². The van der Waals surface area contributed by atoms with E-state index >= 15 is 0 Å². The van der Waals surface area contributed by atoms with Gasteiger partial charge in [0, 0.05) is 24.8 Å². The second-order valence-electron chi connectivity index (χ2n) is 6.07. The molecule has 0 spiro atoms. The molecule has 1 atom stereocenters. The Morgan fingerprint density at radius 3 is 2.37 bits per heavy atom. The first kappa shape index (κ1) is 16.0. The number of rotatable bonds is 7. The molecule has 1 rings (SSSR count). The molecule has 1 unspecified atom stereocenters. The third-order valence-corrected chi connectivity index (χ3v) is 4.12. The van der Waals surface area contributed by atoms with Gasteiger partial charge in [0.1, 0.15) is 0 Å². The lowest BCUT2D eigenvalue weighted by molar-refractivity contribution is 0.264. The van der Waals surface area contributed by atoms with Crippen molar-refractivity contribution < 1.29 is 0 Å². The van der Waals surface area contributed by atoms with E-state index in [4.69, 9.17) is 0 Å². The first-order chi connectivity index (χ1) is 8.92. The average Bonchev–Trinajstić information content (AvgIpc) is 2.37. The van der Waals surface area contributed by atoms with Gasteiger partial charge in [0.15, 0.2) is 0 Å². The number of aryl methyl sites for hydroxylation is 1. The molecule has 108 valence electrons. The fourth-order valence-electron chi connectivity index (χ4n) is 2.50. The lowest BCUT2D eigenvalue weighted by atomic mass is 9.84. The standard InChI is InChI=1S/C17H30N2/c1-7-18-15(4)17(5,6)13-19(8-2)16-12-10-9-11-14(16)3/h9-12,15,18H,7-8,13H2,1-6H3. The zero-order valence-corrected chi connectivity index (χ0v) is 13.5. The molecule has 0 amide bonds. The number of hydrogen-bond donors (Lipinski definition) is 1. The zero-order valence-electron chi connectivity index (χ0n) is 13.5. The summed E-state index contributed by atoms with van der Waals surface area (Å²) in [4.78, 5) is 2.49. The van der Waals surface area contributed by atoms with Gasteiger partial charge in [0.05, 0.1) is 0 Å². The molecule has 2 heteroatoms. The maximum absolute atomic E-state index is 3.55. The van der Waals surface area contributed by atoms with Crippen molar-refractivity contribution in [3.63, 3.8) is 0 Å². The van der Waals surface area contributed by atoms with Crippen molar-refractivity contribution >= 4 is 5.69 Å². The topological polar surface area (TPSA) is 15.3 Å². The normalized spacial score (nSPS) is 13.4. The number of anilines is 1. The molecular formula is C17H30N2. The Labute approximate surface area is 119 Å². The SMILES string of the molecule is CCNC(C)C(C)(C)CN(CC)c1ccccc1C. The lowest BCUT2D eigenvalue weighted by Crippen LogP contribution is -2.47. The van der Waals surface area contributed by atoms with Gasteiger partial charge < -0.3 is 10.2 Å². The van der Waals surface area contributed by atoms with Gasteiger partial charge in [-0.2, -0.15) is 0 Å². The molecule has 0 aliphatic rings. The van der Waals surface area contributed by atoms with E-state index < -0.39 is 0 Å². The van der Waals surface area contributed by atoms with Crippen LogP contribution in [-0.2, 0) is 0 Å². The average molecular weight is 262 g/mol. The van der Waals surface area contributed by atoms with Crippen LogP contribution in [0.4, 0.5) is 5.69 Å². The van der Waals surface area contributed by atoms with Gasteiger partial charge in [-0.25, -0.2) is 0 Å². The van der Waals surface area contributed by atoms with Gasteiger partial charge in [0.25, 0.3) is 0 Å². The highest BCUT2D eigenvalue weighted by molar-refractivity contribution is 5.53. The minimum atomic E-state index is 0.244. The van der Waals surface area contributed by atoms with Gasteiger partial charge in [-0.05, 0) is 44.4 Å². The smallest absolute Gasteiger partial charge is 0.0396 e. The maximum atomic E-state index is 3.55. The molecule has 2 nitrogen and oxygen atoms in total. The second-order valence-corrected chi connectivity index (χ2v) is 6.07. The Morgan fingerprint density at radius 2 is 1.84 bits per heavy atom. The summed E-state index contributed by atoms with van der Waals surface area (Å²) in [6.45, 7) is 16.7. The van der Waals surface area contributed by atoms with E-state index in [2.05, 4.69) is 76.0 Å². The van der Waals surface area contributed by atoms with Crippen LogP contribution >= 0.6 is 0 Å². The van der Waals surface area contributed by atoms with Crippen LogP contribution in [0, 0.1) is 12.3 Å². The van der Waals surface area contributed by atoms with Crippen molar-refractivity contribution in [3.05, 3.63) is 29.8 Å². The third-order valence-electron chi connectivity index (χ3n) is 4.12. The van der Waals surface area contributed by atoms with E-state index in [1.165, 1.54) is 11.3 Å². The number of nitrogens with one attached hydrogen (secondary N) is 1. The Kier molecular flexibility index (Phi) is 5.86. The van der Waals surface area contributed by atoms with Crippen LogP contribution < -0.4 is 10.2 Å². The molecule has 0 aromatic heterocycles. The molecule has 0 bridgehead atoms. The molecule has 19 heavy (non-hydrogen) atoms. The maximum Gasteiger partial charge on any atom is 0.0396 e. The van der Waals surface area contributed by atoms with Crippen molar-refractivity contribution in [1.82, 2.24) is 5.32 Å². The van der Waals surface area contributed by atoms with E-state index in [1.807, 2.05) is 0 Å². The Bertz CT molecular complexity index is 385. The highest BCUT2D eigenvalue weighted by Crippen LogP contribution is 2.27. The Balaban J connectivity index is 2.85. The molecule has 0 radical (unpaired) electrons. The van der Waals surface area contributed by atoms with Gasteiger partial charge >= 0.3 is 0 Å². The van der Waals surface area contributed by atoms with Crippen molar-refractivity contribution in [2.24, 2.45) is 5.41 Å². The molecule has 0 heterocycles. The molecule has 0 fully saturated rings. The first-order valence-electron chi connectivity index (χ1n) is 7.46. The largest absolute Gasteiger partial charge is 0.371 e. The summed E-state index contributed by atoms with van der Waals surface area (Å²) in [6.07, 6.45) is 0. The van der Waals surface area contributed by atoms with E-state index in [0.29, 0.717) is 6.04 Å². The number of para-hydroxylation sites is 1. The molecule has 0 saturated carbocycles. The van der Waals surface area contributed by atoms with E-state index in [-0.39, 0.29) is 5.41 Å². The number of benzene rings is 1. The quantitative estimate of drug-likeness (QED) is 0.803. The van der Waals surface area contributed by atoms with Gasteiger partial charge in [0.2, 0.25) is 0 Å². The summed E-state index contributed by atoms with van der Waals surface area (Å²) in [5.74, 6) is 0. The van der Waals surface area contributed by atoms with Gasteiger partial charge in [-0.3, -0.25) is 0 Å². The first-order valence-corrected chi connectivity index (χ1v) is 7.46. The fraction of sp³-hybridized carbons (Fsp3) is 0.647. The van der Waals surface area contributed by atoms with Crippen LogP contribution in [0.1, 0.15) is 40.2 Å². The van der Waals surface area contributed by atoms with Crippen molar-refractivity contribution in [3.8, 4) is 0 Å². The second kappa shape index (κ2) is 6.95. The summed E-state index contributed by atoms with van der Waals surface area (Å²) >= 11 is 0. The lowest BCUT2D eigenvalue weighted by Gasteiger charge is -2.38. The van der Waals surface area contributed by atoms with E-state index in [1.54, 1.807) is 0 Å². The predicted octanol–water partition coefficient (Wildman–Crippen LogP) is 3.85. The predicted molar refractivity (Wildman–Crippen MR) is 86.0 cm³/mol. The van der Waals surface area contributed by atoms with Gasteiger partial charge in [-0.1, -0.05) is 39.0 Å². The summed E-state index contributed by atoms with van der Waals surface area (Å²) in [5, 5.41) is 3.55. The molecule has 0 aliphatic heterocycles. The molecule has 1 N–H and O–H groups in total. The molecule has 0 aliphatic carbocycles. The fourth-order valence-corrected chi connectivity index (χ4v) is 2.50. The molecule has 0 saturated heterocycles. The minimum Gasteiger partial charge on any atom is -0.371 e. The Morgan fingerprint density at radius 1 is 1.21 bits per heavy atom. The van der Waals surface area contributed by atoms with Crippen LogP contribution in [0.15, 0.2) is 24.3 Å². The monoisotopic (exact) mass is 262 g/mol.